The van der Waals surface area contributed by atoms with E-state index in [-0.39, 0.29) is 0 Å². The van der Waals surface area contributed by atoms with Crippen molar-refractivity contribution in [2.45, 2.75) is 27.2 Å². The first-order valence-electron chi connectivity index (χ1n) is 4.01. The Balaban J connectivity index is 2.63. The molecule has 1 aromatic rings. The first-order chi connectivity index (χ1) is 5.25. The van der Waals surface area contributed by atoms with Crippen LogP contribution in [0.3, 0.4) is 0 Å². The Hall–Kier alpha value is -0.990. The van der Waals surface area contributed by atoms with Gasteiger partial charge >= 0.3 is 0 Å². The summed E-state index contributed by atoms with van der Waals surface area (Å²) in [7, 11) is 0. The highest BCUT2D eigenvalue weighted by Crippen LogP contribution is 2.12. The van der Waals surface area contributed by atoms with Crippen LogP contribution in [0, 0.1) is 13.8 Å². The second kappa shape index (κ2) is 3.42. The summed E-state index contributed by atoms with van der Waals surface area (Å²) in [5, 5.41) is 10.3. The van der Waals surface area contributed by atoms with Gasteiger partial charge in [0.1, 0.15) is 0 Å². The lowest BCUT2D eigenvalue weighted by molar-refractivity contribution is 0.957. The molecule has 0 radical (unpaired) electrons. The van der Waals surface area contributed by atoms with Gasteiger partial charge in [0.15, 0.2) is 5.82 Å². The average Bonchev–Trinajstić information content (AvgIpc) is 2.31. The molecule has 0 fully saturated rings. The molecular weight excluding hydrogens is 138 g/mol. The number of aromatic nitrogens is 2. The van der Waals surface area contributed by atoms with Gasteiger partial charge < -0.3 is 5.32 Å². The molecule has 0 atom stereocenters. The van der Waals surface area contributed by atoms with Crippen molar-refractivity contribution in [1.29, 1.82) is 0 Å². The third kappa shape index (κ3) is 1.73. The van der Waals surface area contributed by atoms with Crippen LogP contribution in [-0.4, -0.2) is 16.7 Å². The van der Waals surface area contributed by atoms with Gasteiger partial charge in [-0.1, -0.05) is 6.92 Å². The molecule has 0 aliphatic rings. The van der Waals surface area contributed by atoms with Crippen molar-refractivity contribution in [2.75, 3.05) is 11.9 Å². The van der Waals surface area contributed by atoms with Gasteiger partial charge in [0.05, 0.1) is 0 Å². The fourth-order valence-electron chi connectivity index (χ4n) is 0.901. The summed E-state index contributed by atoms with van der Waals surface area (Å²) in [6.07, 6.45) is 1.13. The first kappa shape index (κ1) is 8.11. The van der Waals surface area contributed by atoms with Crippen LogP contribution in [0.4, 0.5) is 5.82 Å². The third-order valence-corrected chi connectivity index (χ3v) is 1.80. The van der Waals surface area contributed by atoms with Crippen molar-refractivity contribution in [3.05, 3.63) is 11.3 Å². The maximum atomic E-state index is 4.12. The third-order valence-electron chi connectivity index (χ3n) is 1.80. The largest absolute Gasteiger partial charge is 0.368 e. The zero-order valence-electron chi connectivity index (χ0n) is 7.36. The maximum Gasteiger partial charge on any atom is 0.150 e. The van der Waals surface area contributed by atoms with Gasteiger partial charge in [-0.15, -0.1) is 0 Å². The number of hydrogen-bond donors (Lipinski definition) is 2. The maximum absolute atomic E-state index is 4.12. The smallest absolute Gasteiger partial charge is 0.150 e. The molecule has 0 unspecified atom stereocenters. The lowest BCUT2D eigenvalue weighted by Crippen LogP contribution is -2.00. The molecule has 0 aromatic carbocycles. The van der Waals surface area contributed by atoms with Crippen molar-refractivity contribution in [3.8, 4) is 0 Å². The van der Waals surface area contributed by atoms with E-state index in [0.717, 1.165) is 24.5 Å². The summed E-state index contributed by atoms with van der Waals surface area (Å²) in [6, 6.07) is 0. The predicted molar refractivity (Wildman–Crippen MR) is 46.8 cm³/mol. The number of rotatable bonds is 3. The van der Waals surface area contributed by atoms with Crippen LogP contribution >= 0.6 is 0 Å². The van der Waals surface area contributed by atoms with E-state index in [0.29, 0.717) is 0 Å². The van der Waals surface area contributed by atoms with E-state index >= 15 is 0 Å². The molecule has 11 heavy (non-hydrogen) atoms. The van der Waals surface area contributed by atoms with E-state index in [1.165, 1.54) is 5.56 Å². The number of H-pyrrole nitrogens is 1. The van der Waals surface area contributed by atoms with Crippen LogP contribution in [0.15, 0.2) is 0 Å². The minimum absolute atomic E-state index is 0.990. The second-order valence-electron chi connectivity index (χ2n) is 2.75. The van der Waals surface area contributed by atoms with E-state index < -0.39 is 0 Å². The Morgan fingerprint density at radius 2 is 2.18 bits per heavy atom. The number of hydrogen-bond acceptors (Lipinski definition) is 2. The highest BCUT2D eigenvalue weighted by atomic mass is 15.2. The van der Waals surface area contributed by atoms with Gasteiger partial charge in [0, 0.05) is 17.8 Å². The Bertz CT molecular complexity index is 227. The molecule has 1 rings (SSSR count). The highest BCUT2D eigenvalue weighted by Gasteiger charge is 2.02. The normalized spacial score (nSPS) is 10.1. The summed E-state index contributed by atoms with van der Waals surface area (Å²) in [6.45, 7) is 7.23. The van der Waals surface area contributed by atoms with Gasteiger partial charge in [-0.25, -0.2) is 0 Å². The van der Waals surface area contributed by atoms with E-state index in [4.69, 9.17) is 0 Å². The lowest BCUT2D eigenvalue weighted by Gasteiger charge is -1.99. The lowest BCUT2D eigenvalue weighted by atomic mass is 10.3. The van der Waals surface area contributed by atoms with Crippen LogP contribution < -0.4 is 5.32 Å². The standard InChI is InChI=1S/C8H15N3/c1-4-5-9-8-6(2)7(3)10-11-8/h4-5H2,1-3H3,(H2,9,10,11). The van der Waals surface area contributed by atoms with Crippen molar-refractivity contribution in [2.24, 2.45) is 0 Å². The SMILES string of the molecule is CCCNc1n[nH]c(C)c1C. The minimum Gasteiger partial charge on any atom is -0.368 e. The molecule has 0 amide bonds. The molecule has 0 aliphatic heterocycles. The predicted octanol–water partition coefficient (Wildman–Crippen LogP) is 1.85. The minimum atomic E-state index is 0.990. The van der Waals surface area contributed by atoms with Crippen LogP contribution in [0.5, 0.6) is 0 Å². The van der Waals surface area contributed by atoms with Crippen molar-refractivity contribution in [3.63, 3.8) is 0 Å². The molecule has 3 nitrogen and oxygen atoms in total. The molecule has 0 aliphatic carbocycles. The zero-order valence-corrected chi connectivity index (χ0v) is 7.36. The number of nitrogens with one attached hydrogen (secondary N) is 2. The zero-order chi connectivity index (χ0) is 8.27. The molecular formula is C8H15N3. The van der Waals surface area contributed by atoms with Crippen LogP contribution in [0.25, 0.3) is 0 Å². The molecule has 3 heteroatoms. The summed E-state index contributed by atoms with van der Waals surface area (Å²) >= 11 is 0. The van der Waals surface area contributed by atoms with Crippen molar-refractivity contribution >= 4 is 5.82 Å². The number of aromatic amines is 1. The van der Waals surface area contributed by atoms with E-state index in [1.54, 1.807) is 0 Å². The second-order valence-corrected chi connectivity index (χ2v) is 2.75. The van der Waals surface area contributed by atoms with E-state index in [1.807, 2.05) is 6.92 Å². The Kier molecular flexibility index (Phi) is 2.52. The van der Waals surface area contributed by atoms with Crippen molar-refractivity contribution in [1.82, 2.24) is 10.2 Å². The topological polar surface area (TPSA) is 40.7 Å². The summed E-state index contributed by atoms with van der Waals surface area (Å²) in [4.78, 5) is 0. The monoisotopic (exact) mass is 153 g/mol. The fourth-order valence-corrected chi connectivity index (χ4v) is 0.901. The Labute approximate surface area is 67.2 Å². The molecule has 62 valence electrons. The van der Waals surface area contributed by atoms with Crippen molar-refractivity contribution < 1.29 is 0 Å². The first-order valence-corrected chi connectivity index (χ1v) is 4.01. The molecule has 0 saturated heterocycles. The van der Waals surface area contributed by atoms with E-state index in [9.17, 15) is 0 Å². The molecule has 0 spiro atoms. The summed E-state index contributed by atoms with van der Waals surface area (Å²) in [5.41, 5.74) is 2.36. The van der Waals surface area contributed by atoms with Crippen LogP contribution in [-0.2, 0) is 0 Å². The quantitative estimate of drug-likeness (QED) is 0.695. The molecule has 2 N–H and O–H groups in total. The number of anilines is 1. The molecule has 0 saturated carbocycles. The Morgan fingerprint density at radius 3 is 2.64 bits per heavy atom. The summed E-state index contributed by atoms with van der Waals surface area (Å²) in [5.74, 6) is 0.990. The van der Waals surface area contributed by atoms with Crippen LogP contribution in [0.1, 0.15) is 24.6 Å². The molecule has 1 heterocycles. The number of nitrogens with zero attached hydrogens (tertiary/aromatic N) is 1. The fraction of sp³-hybridized carbons (Fsp3) is 0.625. The van der Waals surface area contributed by atoms with Gasteiger partial charge in [-0.2, -0.15) is 5.10 Å². The van der Waals surface area contributed by atoms with Crippen LogP contribution in [0.2, 0.25) is 0 Å². The van der Waals surface area contributed by atoms with Gasteiger partial charge in [0.25, 0.3) is 0 Å². The van der Waals surface area contributed by atoms with E-state index in [2.05, 4.69) is 29.4 Å². The molecule has 0 bridgehead atoms. The van der Waals surface area contributed by atoms with Gasteiger partial charge in [-0.05, 0) is 20.3 Å². The van der Waals surface area contributed by atoms with Gasteiger partial charge in [0.2, 0.25) is 0 Å². The number of aryl methyl sites for hydroxylation is 1. The molecule has 1 aromatic heterocycles. The summed E-state index contributed by atoms with van der Waals surface area (Å²) < 4.78 is 0. The highest BCUT2D eigenvalue weighted by molar-refractivity contribution is 5.44. The Morgan fingerprint density at radius 1 is 1.45 bits per heavy atom. The van der Waals surface area contributed by atoms with Gasteiger partial charge in [-0.3, -0.25) is 5.10 Å². The average molecular weight is 153 g/mol.